The smallest absolute Gasteiger partial charge is 0.250 e. The summed E-state index contributed by atoms with van der Waals surface area (Å²) in [4.78, 5) is 12.2. The van der Waals surface area contributed by atoms with Gasteiger partial charge in [0.15, 0.2) is 0 Å². The fourth-order valence-electron chi connectivity index (χ4n) is 3.29. The standard InChI is InChI=1S/C18H23NO3/c1-21-16-7-8-17-13(10-16)4-2-5-14(17)11-19-18(20)15-6-3-9-22-12-15/h7-8,10,12,14H,2-6,9,11H2,1H3,(H,19,20)/t14-/m1/s1. The number of carbonyl (C=O) groups excluding carboxylic acids is 1. The van der Waals surface area contributed by atoms with E-state index >= 15 is 0 Å². The minimum atomic E-state index is 0.0142. The van der Waals surface area contributed by atoms with Crippen molar-refractivity contribution in [3.05, 3.63) is 41.2 Å². The number of amides is 1. The van der Waals surface area contributed by atoms with Gasteiger partial charge in [-0.15, -0.1) is 0 Å². The predicted octanol–water partition coefficient (Wildman–Crippen LogP) is 2.93. The van der Waals surface area contributed by atoms with Gasteiger partial charge in [-0.2, -0.15) is 0 Å². The zero-order valence-corrected chi connectivity index (χ0v) is 13.1. The van der Waals surface area contributed by atoms with Crippen molar-refractivity contribution in [2.24, 2.45) is 0 Å². The van der Waals surface area contributed by atoms with Crippen LogP contribution < -0.4 is 10.1 Å². The van der Waals surface area contributed by atoms with Crippen LogP contribution in [-0.4, -0.2) is 26.2 Å². The van der Waals surface area contributed by atoms with Crippen molar-refractivity contribution in [1.29, 1.82) is 0 Å². The summed E-state index contributed by atoms with van der Waals surface area (Å²) in [6.07, 6.45) is 6.71. The summed E-state index contributed by atoms with van der Waals surface area (Å²) >= 11 is 0. The summed E-state index contributed by atoms with van der Waals surface area (Å²) in [6.45, 7) is 1.41. The van der Waals surface area contributed by atoms with Gasteiger partial charge in [0.1, 0.15) is 5.75 Å². The molecule has 0 saturated heterocycles. The van der Waals surface area contributed by atoms with Crippen molar-refractivity contribution in [1.82, 2.24) is 5.32 Å². The van der Waals surface area contributed by atoms with Gasteiger partial charge in [-0.3, -0.25) is 4.79 Å². The Morgan fingerprint density at radius 1 is 1.36 bits per heavy atom. The summed E-state index contributed by atoms with van der Waals surface area (Å²) in [5.41, 5.74) is 3.46. The van der Waals surface area contributed by atoms with E-state index in [1.807, 2.05) is 6.07 Å². The molecule has 1 heterocycles. The minimum absolute atomic E-state index is 0.0142. The maximum absolute atomic E-state index is 12.2. The van der Waals surface area contributed by atoms with Crippen LogP contribution in [0.4, 0.5) is 0 Å². The molecular weight excluding hydrogens is 278 g/mol. The molecule has 0 unspecified atom stereocenters. The zero-order chi connectivity index (χ0) is 15.4. The van der Waals surface area contributed by atoms with Crippen LogP contribution in [0, 0.1) is 0 Å². The van der Waals surface area contributed by atoms with Crippen molar-refractivity contribution in [3.8, 4) is 5.75 Å². The Morgan fingerprint density at radius 3 is 3.05 bits per heavy atom. The van der Waals surface area contributed by atoms with E-state index in [2.05, 4.69) is 17.4 Å². The van der Waals surface area contributed by atoms with Crippen molar-refractivity contribution in [3.63, 3.8) is 0 Å². The molecule has 1 aliphatic heterocycles. The number of nitrogens with one attached hydrogen (secondary N) is 1. The van der Waals surface area contributed by atoms with E-state index in [1.54, 1.807) is 13.4 Å². The van der Waals surface area contributed by atoms with Crippen molar-refractivity contribution >= 4 is 5.91 Å². The Hall–Kier alpha value is -1.97. The molecule has 118 valence electrons. The van der Waals surface area contributed by atoms with Crippen molar-refractivity contribution in [2.75, 3.05) is 20.3 Å². The third kappa shape index (κ3) is 3.26. The predicted molar refractivity (Wildman–Crippen MR) is 85.0 cm³/mol. The van der Waals surface area contributed by atoms with Gasteiger partial charge in [0, 0.05) is 12.5 Å². The molecule has 1 amide bonds. The van der Waals surface area contributed by atoms with Crippen LogP contribution in [0.15, 0.2) is 30.0 Å². The first-order valence-corrected chi connectivity index (χ1v) is 8.03. The highest BCUT2D eigenvalue weighted by molar-refractivity contribution is 5.93. The number of benzene rings is 1. The van der Waals surface area contributed by atoms with Gasteiger partial charge >= 0.3 is 0 Å². The first kappa shape index (κ1) is 14.9. The molecule has 2 aliphatic rings. The number of methoxy groups -OCH3 is 1. The Kier molecular flexibility index (Phi) is 4.66. The van der Waals surface area contributed by atoms with Gasteiger partial charge in [0.05, 0.1) is 25.6 Å². The van der Waals surface area contributed by atoms with Crippen LogP contribution >= 0.6 is 0 Å². The summed E-state index contributed by atoms with van der Waals surface area (Å²) in [7, 11) is 1.70. The zero-order valence-electron chi connectivity index (χ0n) is 13.1. The van der Waals surface area contributed by atoms with Gasteiger partial charge in [-0.05, 0) is 55.4 Å². The van der Waals surface area contributed by atoms with Crippen molar-refractivity contribution < 1.29 is 14.3 Å². The van der Waals surface area contributed by atoms with E-state index in [1.165, 1.54) is 11.1 Å². The Bertz CT molecular complexity index is 580. The first-order chi connectivity index (χ1) is 10.8. The number of fused-ring (bicyclic) bond motifs is 1. The highest BCUT2D eigenvalue weighted by atomic mass is 16.5. The average Bonchev–Trinajstić information content (AvgIpc) is 2.59. The van der Waals surface area contributed by atoms with E-state index in [9.17, 15) is 4.79 Å². The molecule has 0 bridgehead atoms. The van der Waals surface area contributed by atoms with Crippen LogP contribution in [0.1, 0.15) is 42.7 Å². The second-order valence-electron chi connectivity index (χ2n) is 5.98. The number of carbonyl (C=O) groups is 1. The molecule has 1 N–H and O–H groups in total. The molecule has 3 rings (SSSR count). The summed E-state index contributed by atoms with van der Waals surface area (Å²) in [6, 6.07) is 6.28. The summed E-state index contributed by atoms with van der Waals surface area (Å²) < 4.78 is 10.5. The third-order valence-electron chi connectivity index (χ3n) is 4.52. The van der Waals surface area contributed by atoms with E-state index in [-0.39, 0.29) is 5.91 Å². The first-order valence-electron chi connectivity index (χ1n) is 8.03. The summed E-state index contributed by atoms with van der Waals surface area (Å²) in [5.74, 6) is 1.32. The Labute approximate surface area is 131 Å². The lowest BCUT2D eigenvalue weighted by atomic mass is 9.82. The fourth-order valence-corrected chi connectivity index (χ4v) is 3.29. The third-order valence-corrected chi connectivity index (χ3v) is 4.52. The second kappa shape index (κ2) is 6.86. The Morgan fingerprint density at radius 2 is 2.27 bits per heavy atom. The normalized spacial score (nSPS) is 20.4. The SMILES string of the molecule is COc1ccc2c(c1)CCC[C@@H]2CNC(=O)C1=COCCC1. The summed E-state index contributed by atoms with van der Waals surface area (Å²) in [5, 5.41) is 3.07. The largest absolute Gasteiger partial charge is 0.501 e. The second-order valence-corrected chi connectivity index (χ2v) is 5.98. The van der Waals surface area contributed by atoms with E-state index in [0.717, 1.165) is 43.4 Å². The van der Waals surface area contributed by atoms with Gasteiger partial charge in [-0.25, -0.2) is 0 Å². The molecule has 0 saturated carbocycles. The molecule has 1 atom stereocenters. The topological polar surface area (TPSA) is 47.6 Å². The monoisotopic (exact) mass is 301 g/mol. The Balaban J connectivity index is 1.64. The molecule has 0 aromatic heterocycles. The quantitative estimate of drug-likeness (QED) is 0.930. The molecule has 1 aromatic rings. The van der Waals surface area contributed by atoms with Crippen LogP contribution in [0.2, 0.25) is 0 Å². The van der Waals surface area contributed by atoms with E-state index in [4.69, 9.17) is 9.47 Å². The lowest BCUT2D eigenvalue weighted by Crippen LogP contribution is -2.31. The van der Waals surface area contributed by atoms with Crippen LogP contribution in [0.3, 0.4) is 0 Å². The maximum atomic E-state index is 12.2. The molecule has 4 heteroatoms. The minimum Gasteiger partial charge on any atom is -0.501 e. The molecule has 0 fully saturated rings. The molecule has 1 aromatic carbocycles. The van der Waals surface area contributed by atoms with Crippen LogP contribution in [0.25, 0.3) is 0 Å². The fraction of sp³-hybridized carbons (Fsp3) is 0.500. The van der Waals surface area contributed by atoms with E-state index < -0.39 is 0 Å². The number of hydrogen-bond donors (Lipinski definition) is 1. The molecule has 4 nitrogen and oxygen atoms in total. The lowest BCUT2D eigenvalue weighted by Gasteiger charge is -2.26. The van der Waals surface area contributed by atoms with E-state index in [0.29, 0.717) is 19.1 Å². The highest BCUT2D eigenvalue weighted by Gasteiger charge is 2.22. The number of ether oxygens (including phenoxy) is 2. The van der Waals surface area contributed by atoms with Crippen molar-refractivity contribution in [2.45, 2.75) is 38.0 Å². The van der Waals surface area contributed by atoms with Gasteiger partial charge in [0.25, 0.3) is 0 Å². The van der Waals surface area contributed by atoms with Crippen LogP contribution in [-0.2, 0) is 16.0 Å². The number of hydrogen-bond acceptors (Lipinski definition) is 3. The lowest BCUT2D eigenvalue weighted by molar-refractivity contribution is -0.118. The number of rotatable bonds is 4. The van der Waals surface area contributed by atoms with Gasteiger partial charge in [-0.1, -0.05) is 6.07 Å². The highest BCUT2D eigenvalue weighted by Crippen LogP contribution is 2.33. The molecular formula is C18H23NO3. The maximum Gasteiger partial charge on any atom is 0.250 e. The average molecular weight is 301 g/mol. The van der Waals surface area contributed by atoms with Gasteiger partial charge in [0.2, 0.25) is 5.91 Å². The molecule has 0 radical (unpaired) electrons. The molecule has 1 aliphatic carbocycles. The molecule has 22 heavy (non-hydrogen) atoms. The molecule has 0 spiro atoms. The van der Waals surface area contributed by atoms with Crippen LogP contribution in [0.5, 0.6) is 5.75 Å². The number of aryl methyl sites for hydroxylation is 1. The van der Waals surface area contributed by atoms with Gasteiger partial charge < -0.3 is 14.8 Å².